The van der Waals surface area contributed by atoms with E-state index >= 15 is 0 Å². The second kappa shape index (κ2) is 6.05. The average molecular weight is 284 g/mol. The van der Waals surface area contributed by atoms with E-state index in [1.807, 2.05) is 6.92 Å². The number of amides is 1. The summed E-state index contributed by atoms with van der Waals surface area (Å²) in [5.74, 6) is 1.05. The number of carbonyl (C=O) groups is 2. The summed E-state index contributed by atoms with van der Waals surface area (Å²) in [7, 11) is 0. The predicted molar refractivity (Wildman–Crippen MR) is 70.2 cm³/mol. The number of carboxylic acid groups (broad SMARTS) is 1. The molecule has 0 bridgehead atoms. The Labute approximate surface area is 114 Å². The van der Waals surface area contributed by atoms with Gasteiger partial charge < -0.3 is 10.0 Å². The van der Waals surface area contributed by atoms with Gasteiger partial charge in [0.1, 0.15) is 5.82 Å². The summed E-state index contributed by atoms with van der Waals surface area (Å²) in [5.41, 5.74) is 0. The Bertz CT molecular complexity index is 476. The first-order valence-electron chi connectivity index (χ1n) is 6.13. The van der Waals surface area contributed by atoms with Gasteiger partial charge in [0.25, 0.3) is 5.91 Å². The zero-order valence-electron chi connectivity index (χ0n) is 10.6. The van der Waals surface area contributed by atoms with Crippen LogP contribution >= 0.6 is 11.8 Å². The van der Waals surface area contributed by atoms with Crippen LogP contribution in [0.15, 0.2) is 0 Å². The molecule has 0 spiro atoms. The summed E-state index contributed by atoms with van der Waals surface area (Å²) in [4.78, 5) is 28.8. The molecule has 2 heterocycles. The molecular weight excluding hydrogens is 268 g/mol. The molecule has 1 atom stereocenters. The molecule has 0 aliphatic carbocycles. The van der Waals surface area contributed by atoms with Gasteiger partial charge in [0, 0.05) is 24.5 Å². The summed E-state index contributed by atoms with van der Waals surface area (Å²) in [6.45, 7) is 2.46. The van der Waals surface area contributed by atoms with Crippen LogP contribution in [0.25, 0.3) is 0 Å². The predicted octanol–water partition coefficient (Wildman–Crippen LogP) is 0.399. The monoisotopic (exact) mass is 284 g/mol. The zero-order valence-corrected chi connectivity index (χ0v) is 11.4. The van der Waals surface area contributed by atoms with E-state index in [0.29, 0.717) is 24.5 Å². The molecule has 104 valence electrons. The minimum atomic E-state index is -0.894. The highest BCUT2D eigenvalue weighted by Crippen LogP contribution is 2.20. The summed E-state index contributed by atoms with van der Waals surface area (Å²) in [6, 6.07) is -0.285. The Morgan fingerprint density at radius 1 is 1.58 bits per heavy atom. The molecule has 2 N–H and O–H groups in total. The third-order valence-electron chi connectivity index (χ3n) is 2.96. The number of carboxylic acids is 1. The Kier molecular flexibility index (Phi) is 4.41. The van der Waals surface area contributed by atoms with Gasteiger partial charge in [-0.3, -0.25) is 14.7 Å². The molecule has 1 unspecified atom stereocenters. The van der Waals surface area contributed by atoms with Gasteiger partial charge in [0.05, 0.1) is 12.5 Å². The standard InChI is InChI=1S/C11H16N4O3S/c1-2-8-12-10(14-13-8)11(18)15-3-4-19-6-7(15)5-9(16)17/h7H,2-6H2,1H3,(H,16,17)(H,12,13,14). The van der Waals surface area contributed by atoms with E-state index in [-0.39, 0.29) is 24.2 Å². The van der Waals surface area contributed by atoms with Crippen LogP contribution in [0.5, 0.6) is 0 Å². The number of carbonyl (C=O) groups excluding carboxylic acids is 1. The van der Waals surface area contributed by atoms with Gasteiger partial charge in [-0.15, -0.1) is 5.10 Å². The number of aliphatic carboxylic acids is 1. The number of hydrogen-bond acceptors (Lipinski definition) is 5. The minimum Gasteiger partial charge on any atom is -0.481 e. The molecule has 1 amide bonds. The molecule has 1 saturated heterocycles. The largest absolute Gasteiger partial charge is 0.481 e. The number of nitrogens with zero attached hydrogens (tertiary/aromatic N) is 3. The number of aryl methyl sites for hydroxylation is 1. The minimum absolute atomic E-state index is 0.0379. The summed E-state index contributed by atoms with van der Waals surface area (Å²) < 4.78 is 0. The second-order valence-corrected chi connectivity index (χ2v) is 5.43. The van der Waals surface area contributed by atoms with Crippen molar-refractivity contribution in [1.82, 2.24) is 20.1 Å². The number of nitrogens with one attached hydrogen (secondary N) is 1. The fourth-order valence-electron chi connectivity index (χ4n) is 1.97. The van der Waals surface area contributed by atoms with Crippen molar-refractivity contribution >= 4 is 23.6 Å². The first kappa shape index (κ1) is 13.9. The molecule has 1 aliphatic heterocycles. The maximum atomic E-state index is 12.3. The smallest absolute Gasteiger partial charge is 0.305 e. The van der Waals surface area contributed by atoms with E-state index in [1.54, 1.807) is 16.7 Å². The maximum absolute atomic E-state index is 12.3. The van der Waals surface area contributed by atoms with Crippen LogP contribution in [0.3, 0.4) is 0 Å². The van der Waals surface area contributed by atoms with Gasteiger partial charge in [-0.2, -0.15) is 11.8 Å². The molecule has 1 aromatic rings. The van der Waals surface area contributed by atoms with Crippen LogP contribution in [-0.2, 0) is 11.2 Å². The number of rotatable bonds is 4. The topological polar surface area (TPSA) is 99.2 Å². The van der Waals surface area contributed by atoms with Crippen LogP contribution in [0.2, 0.25) is 0 Å². The average Bonchev–Trinajstić information content (AvgIpc) is 2.86. The lowest BCUT2D eigenvalue weighted by atomic mass is 10.2. The van der Waals surface area contributed by atoms with E-state index in [2.05, 4.69) is 15.2 Å². The lowest BCUT2D eigenvalue weighted by molar-refractivity contribution is -0.138. The summed E-state index contributed by atoms with van der Waals surface area (Å²) in [6.07, 6.45) is 0.637. The van der Waals surface area contributed by atoms with Gasteiger partial charge >= 0.3 is 5.97 Å². The van der Waals surface area contributed by atoms with Crippen LogP contribution in [-0.4, -0.2) is 61.2 Å². The van der Waals surface area contributed by atoms with Crippen molar-refractivity contribution in [3.63, 3.8) is 0 Å². The van der Waals surface area contributed by atoms with E-state index < -0.39 is 5.97 Å². The Hall–Kier alpha value is -1.57. The fraction of sp³-hybridized carbons (Fsp3) is 0.636. The zero-order chi connectivity index (χ0) is 13.8. The maximum Gasteiger partial charge on any atom is 0.305 e. The van der Waals surface area contributed by atoms with Gasteiger partial charge in [-0.05, 0) is 0 Å². The second-order valence-electron chi connectivity index (χ2n) is 4.28. The molecular formula is C11H16N4O3S. The molecule has 0 aromatic carbocycles. The first-order chi connectivity index (χ1) is 9.11. The van der Waals surface area contributed by atoms with E-state index in [9.17, 15) is 9.59 Å². The van der Waals surface area contributed by atoms with Crippen LogP contribution < -0.4 is 0 Å². The van der Waals surface area contributed by atoms with E-state index in [4.69, 9.17) is 5.11 Å². The summed E-state index contributed by atoms with van der Waals surface area (Å²) >= 11 is 1.67. The molecule has 1 fully saturated rings. The number of thioether (sulfide) groups is 1. The highest BCUT2D eigenvalue weighted by atomic mass is 32.2. The first-order valence-corrected chi connectivity index (χ1v) is 7.29. The fourth-order valence-corrected chi connectivity index (χ4v) is 3.03. The summed E-state index contributed by atoms with van der Waals surface area (Å²) in [5, 5.41) is 15.5. The van der Waals surface area contributed by atoms with Crippen molar-refractivity contribution in [2.24, 2.45) is 0 Å². The SMILES string of the molecule is CCc1nc(C(=O)N2CCSCC2CC(=O)O)n[nH]1. The lowest BCUT2D eigenvalue weighted by Gasteiger charge is -2.33. The number of H-pyrrole nitrogens is 1. The molecule has 1 aromatic heterocycles. The van der Waals surface area contributed by atoms with Gasteiger partial charge in [0.15, 0.2) is 0 Å². The number of hydrogen-bond donors (Lipinski definition) is 2. The van der Waals surface area contributed by atoms with Gasteiger partial charge in [-0.1, -0.05) is 6.92 Å². The van der Waals surface area contributed by atoms with Gasteiger partial charge in [-0.25, -0.2) is 4.98 Å². The van der Waals surface area contributed by atoms with Crippen molar-refractivity contribution in [3.8, 4) is 0 Å². The highest BCUT2D eigenvalue weighted by molar-refractivity contribution is 7.99. The third-order valence-corrected chi connectivity index (χ3v) is 4.05. The molecule has 19 heavy (non-hydrogen) atoms. The van der Waals surface area contributed by atoms with Crippen molar-refractivity contribution in [2.45, 2.75) is 25.8 Å². The van der Waals surface area contributed by atoms with Crippen LogP contribution in [0, 0.1) is 0 Å². The molecule has 0 radical (unpaired) electrons. The lowest BCUT2D eigenvalue weighted by Crippen LogP contribution is -2.47. The molecule has 2 rings (SSSR count). The van der Waals surface area contributed by atoms with Crippen LogP contribution in [0.4, 0.5) is 0 Å². The number of aromatic amines is 1. The molecule has 0 saturated carbocycles. The van der Waals surface area contributed by atoms with Crippen molar-refractivity contribution < 1.29 is 14.7 Å². The van der Waals surface area contributed by atoms with Crippen molar-refractivity contribution in [3.05, 3.63) is 11.6 Å². The Balaban J connectivity index is 2.12. The van der Waals surface area contributed by atoms with Gasteiger partial charge in [0.2, 0.25) is 5.82 Å². The van der Waals surface area contributed by atoms with Crippen molar-refractivity contribution in [2.75, 3.05) is 18.1 Å². The molecule has 1 aliphatic rings. The Morgan fingerprint density at radius 2 is 2.37 bits per heavy atom. The molecule has 7 nitrogen and oxygen atoms in total. The normalized spacial score (nSPS) is 19.4. The van der Waals surface area contributed by atoms with E-state index in [1.165, 1.54) is 0 Å². The quantitative estimate of drug-likeness (QED) is 0.830. The highest BCUT2D eigenvalue weighted by Gasteiger charge is 2.31. The third kappa shape index (κ3) is 3.25. The van der Waals surface area contributed by atoms with Crippen molar-refractivity contribution in [1.29, 1.82) is 0 Å². The number of aromatic nitrogens is 3. The van der Waals surface area contributed by atoms with Crippen LogP contribution in [0.1, 0.15) is 29.8 Å². The Morgan fingerprint density at radius 3 is 3.00 bits per heavy atom. The van der Waals surface area contributed by atoms with E-state index in [0.717, 1.165) is 5.75 Å². The molecule has 8 heteroatoms.